The molecule has 0 heterocycles. The van der Waals surface area contributed by atoms with E-state index in [0.717, 1.165) is 0 Å². The summed E-state index contributed by atoms with van der Waals surface area (Å²) in [5.74, 6) is -4.14. The van der Waals surface area contributed by atoms with Gasteiger partial charge in [0.05, 0.1) is 57.2 Å². The molecule has 0 aromatic heterocycles. The van der Waals surface area contributed by atoms with Crippen LogP contribution in [0.15, 0.2) is 25.3 Å². The van der Waals surface area contributed by atoms with Crippen LogP contribution in [-0.2, 0) is 42.9 Å². The molecule has 4 atom stereocenters. The average molecular weight is 531 g/mol. The van der Waals surface area contributed by atoms with Crippen LogP contribution in [0.3, 0.4) is 0 Å². The van der Waals surface area contributed by atoms with Crippen molar-refractivity contribution in [2.45, 2.75) is 91.6 Å². The van der Waals surface area contributed by atoms with E-state index in [4.69, 9.17) is 28.8 Å². The molecule has 0 unspecified atom stereocenters. The third-order valence-electron chi connectivity index (χ3n) is 4.52. The highest BCUT2D eigenvalue weighted by atomic mass is 16.6. The molecule has 10 nitrogen and oxygen atoms in total. The number of carboxylic acids is 1. The van der Waals surface area contributed by atoms with Crippen LogP contribution in [0, 0.1) is 11.8 Å². The number of carboxylic acid groups (broad SMARTS) is 1. The van der Waals surface area contributed by atoms with Gasteiger partial charge in [-0.25, -0.2) is 0 Å². The number of esters is 3. The van der Waals surface area contributed by atoms with E-state index in [0.29, 0.717) is 6.61 Å². The van der Waals surface area contributed by atoms with Crippen LogP contribution in [0.1, 0.15) is 68.2 Å². The molecule has 0 spiro atoms. The molecular formula is C27H46O10. The lowest BCUT2D eigenvalue weighted by molar-refractivity contribution is -0.164. The average Bonchev–Trinajstić information content (AvgIpc) is 2.75. The Balaban J connectivity index is 0. The molecule has 0 amide bonds. The van der Waals surface area contributed by atoms with E-state index in [9.17, 15) is 19.2 Å². The Hall–Kier alpha value is -2.72. The minimum absolute atomic E-state index is 0.0672. The zero-order valence-electron chi connectivity index (χ0n) is 23.8. The summed E-state index contributed by atoms with van der Waals surface area (Å²) in [6, 6.07) is 0. The maximum absolute atomic E-state index is 11.8. The van der Waals surface area contributed by atoms with E-state index in [1.807, 2.05) is 0 Å². The first kappa shape index (κ1) is 36.4. The van der Waals surface area contributed by atoms with Gasteiger partial charge in [0.25, 0.3) is 0 Å². The quantitative estimate of drug-likeness (QED) is 0.199. The number of rotatable bonds is 14. The minimum Gasteiger partial charge on any atom is -0.481 e. The van der Waals surface area contributed by atoms with Gasteiger partial charge in [-0.15, -0.1) is 13.2 Å². The number of ether oxygens (including phenoxy) is 5. The predicted octanol–water partition coefficient (Wildman–Crippen LogP) is 4.11. The van der Waals surface area contributed by atoms with Gasteiger partial charge in [-0.3, -0.25) is 19.2 Å². The third-order valence-corrected chi connectivity index (χ3v) is 4.52. The molecule has 0 radical (unpaired) electrons. The Bertz CT molecular complexity index is 745. The Morgan fingerprint density at radius 3 is 1.41 bits per heavy atom. The number of aliphatic carboxylic acids is 1. The molecular weight excluding hydrogens is 484 g/mol. The first-order valence-corrected chi connectivity index (χ1v) is 12.1. The van der Waals surface area contributed by atoms with Crippen molar-refractivity contribution in [1.82, 2.24) is 0 Å². The Kier molecular flexibility index (Phi) is 17.4. The summed E-state index contributed by atoms with van der Waals surface area (Å²) in [7, 11) is 1.28. The van der Waals surface area contributed by atoms with Crippen LogP contribution in [0.25, 0.3) is 0 Å². The highest BCUT2D eigenvalue weighted by Gasteiger charge is 2.32. The second-order valence-electron chi connectivity index (χ2n) is 10.3. The number of hydrogen-bond donors (Lipinski definition) is 1. The van der Waals surface area contributed by atoms with Gasteiger partial charge in [-0.05, 0) is 55.4 Å². The molecule has 0 aromatic rings. The van der Waals surface area contributed by atoms with Crippen molar-refractivity contribution >= 4 is 23.9 Å². The van der Waals surface area contributed by atoms with Crippen molar-refractivity contribution in [2.75, 3.05) is 20.3 Å². The van der Waals surface area contributed by atoms with E-state index in [1.54, 1.807) is 61.5 Å². The maximum atomic E-state index is 11.8. The van der Waals surface area contributed by atoms with Crippen molar-refractivity contribution in [3.05, 3.63) is 25.3 Å². The van der Waals surface area contributed by atoms with Crippen LogP contribution in [0.2, 0.25) is 0 Å². The highest BCUT2D eigenvalue weighted by molar-refractivity contribution is 5.80. The second-order valence-corrected chi connectivity index (χ2v) is 10.3. The fourth-order valence-electron chi connectivity index (χ4n) is 2.84. The molecule has 0 saturated carbocycles. The monoisotopic (exact) mass is 530 g/mol. The number of methoxy groups -OCH3 is 1. The predicted molar refractivity (Wildman–Crippen MR) is 139 cm³/mol. The summed E-state index contributed by atoms with van der Waals surface area (Å²) in [5, 5.41) is 9.08. The molecule has 1 N–H and O–H groups in total. The normalized spacial score (nSPS) is 14.5. The number of carbonyl (C=O) groups excluding carboxylic acids is 3. The van der Waals surface area contributed by atoms with Crippen molar-refractivity contribution in [1.29, 1.82) is 0 Å². The molecule has 214 valence electrons. The van der Waals surface area contributed by atoms with Crippen molar-refractivity contribution in [3.8, 4) is 0 Å². The molecule has 0 aliphatic carbocycles. The van der Waals surface area contributed by atoms with Crippen LogP contribution in [0.4, 0.5) is 0 Å². The van der Waals surface area contributed by atoms with Crippen molar-refractivity contribution in [3.63, 3.8) is 0 Å². The molecule has 0 rings (SSSR count). The smallest absolute Gasteiger partial charge is 0.311 e. The topological polar surface area (TPSA) is 135 Å². The van der Waals surface area contributed by atoms with Gasteiger partial charge in [0.2, 0.25) is 0 Å². The van der Waals surface area contributed by atoms with Crippen molar-refractivity contribution in [2.24, 2.45) is 11.8 Å². The fourth-order valence-corrected chi connectivity index (χ4v) is 2.84. The standard InChI is InChI=1S/C14H24O5.C13H22O5/c1-7-8-18-10(2)11(13(16)17-6)9-12(15)19-14(3,4)5;1-6-7-17-9(2)10(12(15)16)8-11(14)18-13(3,4)5/h7,10-11H,1,8-9H2,2-6H3;6,9-10H,1,7-8H2,2-5H3,(H,15,16)/t10-,11-;9-,10-/m00/s1. The SMILES string of the molecule is C=CCO[C@@H](C)[C@H](CC(=O)OC(C)(C)C)C(=O)O.C=CCO[C@@H](C)[C@H](CC(=O)OC(C)(C)C)C(=O)OC. The summed E-state index contributed by atoms with van der Waals surface area (Å²) in [5.41, 5.74) is -1.20. The number of hydrogen-bond acceptors (Lipinski definition) is 9. The zero-order valence-corrected chi connectivity index (χ0v) is 23.8. The van der Waals surface area contributed by atoms with Gasteiger partial charge in [0, 0.05) is 0 Å². The van der Waals surface area contributed by atoms with Crippen LogP contribution in [0.5, 0.6) is 0 Å². The molecule has 0 bridgehead atoms. The highest BCUT2D eigenvalue weighted by Crippen LogP contribution is 2.19. The summed E-state index contributed by atoms with van der Waals surface area (Å²) in [6.45, 7) is 21.4. The summed E-state index contributed by atoms with van der Waals surface area (Å²) in [4.78, 5) is 46.1. The van der Waals surface area contributed by atoms with Crippen LogP contribution in [-0.4, -0.2) is 72.7 Å². The minimum atomic E-state index is -1.07. The van der Waals surface area contributed by atoms with E-state index in [2.05, 4.69) is 13.2 Å². The van der Waals surface area contributed by atoms with Crippen molar-refractivity contribution < 1.29 is 48.0 Å². The fraction of sp³-hybridized carbons (Fsp3) is 0.704. The van der Waals surface area contributed by atoms with Gasteiger partial charge in [0.1, 0.15) is 11.2 Å². The van der Waals surface area contributed by atoms with Gasteiger partial charge in [0.15, 0.2) is 0 Å². The molecule has 0 aromatic carbocycles. The lowest BCUT2D eigenvalue weighted by Gasteiger charge is -2.24. The summed E-state index contributed by atoms with van der Waals surface area (Å²) >= 11 is 0. The van der Waals surface area contributed by atoms with Gasteiger partial charge >= 0.3 is 23.9 Å². The Morgan fingerprint density at radius 1 is 0.757 bits per heavy atom. The Morgan fingerprint density at radius 2 is 1.11 bits per heavy atom. The summed E-state index contributed by atoms with van der Waals surface area (Å²) in [6.07, 6.45) is 1.82. The van der Waals surface area contributed by atoms with E-state index >= 15 is 0 Å². The molecule has 0 aliphatic heterocycles. The molecule has 0 saturated heterocycles. The Labute approximate surface area is 221 Å². The van der Waals surface area contributed by atoms with Gasteiger partial charge < -0.3 is 28.8 Å². The lowest BCUT2D eigenvalue weighted by Crippen LogP contribution is -2.34. The van der Waals surface area contributed by atoms with E-state index in [1.165, 1.54) is 13.2 Å². The molecule has 0 aliphatic rings. The molecule has 0 fully saturated rings. The number of carbonyl (C=O) groups is 4. The van der Waals surface area contributed by atoms with Crippen LogP contribution >= 0.6 is 0 Å². The first-order chi connectivity index (χ1) is 16.9. The van der Waals surface area contributed by atoms with E-state index < -0.39 is 59.1 Å². The first-order valence-electron chi connectivity index (χ1n) is 12.1. The summed E-state index contributed by atoms with van der Waals surface area (Å²) < 4.78 is 25.6. The van der Waals surface area contributed by atoms with Gasteiger partial charge in [-0.1, -0.05) is 12.2 Å². The maximum Gasteiger partial charge on any atom is 0.311 e. The molecule has 37 heavy (non-hydrogen) atoms. The van der Waals surface area contributed by atoms with E-state index in [-0.39, 0.29) is 19.4 Å². The van der Waals surface area contributed by atoms with Gasteiger partial charge in [-0.2, -0.15) is 0 Å². The third kappa shape index (κ3) is 19.1. The molecule has 10 heteroatoms. The zero-order chi connectivity index (χ0) is 29.4. The van der Waals surface area contributed by atoms with Crippen LogP contribution < -0.4 is 0 Å². The largest absolute Gasteiger partial charge is 0.481 e. The second kappa shape index (κ2) is 17.7. The lowest BCUT2D eigenvalue weighted by atomic mass is 9.99.